The zero-order valence-electron chi connectivity index (χ0n) is 16.9. The molecule has 1 aromatic carbocycles. The summed E-state index contributed by atoms with van der Waals surface area (Å²) in [6.45, 7) is 3.43. The third-order valence-corrected chi connectivity index (χ3v) is 5.13. The van der Waals surface area contributed by atoms with E-state index in [1.54, 1.807) is 33.0 Å². The SMILES string of the molecule is CC1=NN(C)C(OC2=C(F)C(F)=CCC2)C1C(=O)N[C@@H](C)c1ccc(C(=O)O)cc1. The van der Waals surface area contributed by atoms with Crippen LogP contribution < -0.4 is 5.32 Å². The van der Waals surface area contributed by atoms with Crippen LogP contribution >= 0.6 is 0 Å². The molecular weight excluding hydrogens is 396 g/mol. The third-order valence-electron chi connectivity index (χ3n) is 5.13. The van der Waals surface area contributed by atoms with Gasteiger partial charge in [-0.3, -0.25) is 9.80 Å². The van der Waals surface area contributed by atoms with Gasteiger partial charge in [0.05, 0.1) is 17.3 Å². The number of hydrazone groups is 1. The van der Waals surface area contributed by atoms with Gasteiger partial charge in [0.25, 0.3) is 0 Å². The fourth-order valence-electron chi connectivity index (χ4n) is 3.47. The van der Waals surface area contributed by atoms with Crippen molar-refractivity contribution < 1.29 is 28.2 Å². The zero-order chi connectivity index (χ0) is 22.0. The molecule has 2 aliphatic rings. The van der Waals surface area contributed by atoms with Crippen LogP contribution in [-0.4, -0.2) is 41.0 Å². The number of rotatable bonds is 6. The van der Waals surface area contributed by atoms with E-state index in [-0.39, 0.29) is 23.7 Å². The van der Waals surface area contributed by atoms with Crippen LogP contribution in [0.1, 0.15) is 48.7 Å². The van der Waals surface area contributed by atoms with Crippen LogP contribution in [0.5, 0.6) is 0 Å². The first-order valence-corrected chi connectivity index (χ1v) is 9.52. The Morgan fingerprint density at radius 2 is 1.97 bits per heavy atom. The number of hydrogen-bond donors (Lipinski definition) is 2. The molecule has 7 nitrogen and oxygen atoms in total. The van der Waals surface area contributed by atoms with E-state index in [0.717, 1.165) is 11.6 Å². The molecule has 2 unspecified atom stereocenters. The number of amides is 1. The molecule has 1 amide bonds. The van der Waals surface area contributed by atoms with Crippen molar-refractivity contribution in [3.8, 4) is 0 Å². The summed E-state index contributed by atoms with van der Waals surface area (Å²) in [6, 6.07) is 5.76. The highest BCUT2D eigenvalue weighted by Gasteiger charge is 2.41. The standard InChI is InChI=1S/C21H23F2N3O4/c1-11(13-7-9-14(10-8-13)21(28)29)24-19(27)17-12(2)25-26(3)20(17)30-16-6-4-5-15(22)18(16)23/h5,7-11,17,20H,4,6H2,1-3H3,(H,24,27)(H,28,29)/t11-,17?,20?/m0/s1. The molecule has 1 aromatic rings. The zero-order valence-corrected chi connectivity index (χ0v) is 16.9. The Hall–Kier alpha value is -3.23. The molecule has 160 valence electrons. The van der Waals surface area contributed by atoms with Gasteiger partial charge in [0.2, 0.25) is 12.1 Å². The van der Waals surface area contributed by atoms with Crippen molar-refractivity contribution in [1.29, 1.82) is 0 Å². The Kier molecular flexibility index (Phi) is 6.19. The first kappa shape index (κ1) is 21.5. The highest BCUT2D eigenvalue weighted by molar-refractivity contribution is 6.04. The molecule has 0 spiro atoms. The summed E-state index contributed by atoms with van der Waals surface area (Å²) in [4.78, 5) is 24.0. The van der Waals surface area contributed by atoms with Crippen molar-refractivity contribution in [3.05, 3.63) is 58.9 Å². The van der Waals surface area contributed by atoms with Crippen LogP contribution in [0.15, 0.2) is 52.9 Å². The molecule has 0 radical (unpaired) electrons. The van der Waals surface area contributed by atoms with E-state index in [9.17, 15) is 18.4 Å². The monoisotopic (exact) mass is 419 g/mol. The van der Waals surface area contributed by atoms with Crippen LogP contribution in [0.3, 0.4) is 0 Å². The number of carboxylic acids is 1. The van der Waals surface area contributed by atoms with Crippen LogP contribution in [0.4, 0.5) is 8.78 Å². The van der Waals surface area contributed by atoms with Crippen molar-refractivity contribution >= 4 is 17.6 Å². The van der Waals surface area contributed by atoms with E-state index in [4.69, 9.17) is 9.84 Å². The summed E-state index contributed by atoms with van der Waals surface area (Å²) in [7, 11) is 1.60. The number of aromatic carboxylic acids is 1. The Balaban J connectivity index is 1.74. The van der Waals surface area contributed by atoms with Gasteiger partial charge in [-0.1, -0.05) is 12.1 Å². The molecule has 2 N–H and O–H groups in total. The molecule has 3 atom stereocenters. The maximum absolute atomic E-state index is 14.1. The number of nitrogens with one attached hydrogen (secondary N) is 1. The topological polar surface area (TPSA) is 91.2 Å². The van der Waals surface area contributed by atoms with Crippen LogP contribution in [-0.2, 0) is 9.53 Å². The second kappa shape index (κ2) is 8.64. The fourth-order valence-corrected chi connectivity index (χ4v) is 3.47. The molecule has 0 bridgehead atoms. The van der Waals surface area contributed by atoms with Crippen molar-refractivity contribution in [2.75, 3.05) is 7.05 Å². The van der Waals surface area contributed by atoms with Crippen molar-refractivity contribution in [2.24, 2.45) is 11.0 Å². The van der Waals surface area contributed by atoms with Gasteiger partial charge in [0, 0.05) is 13.5 Å². The molecule has 9 heteroatoms. The second-order valence-electron chi connectivity index (χ2n) is 7.29. The molecule has 3 rings (SSSR count). The number of carbonyl (C=O) groups is 2. The fraction of sp³-hybridized carbons (Fsp3) is 0.381. The second-order valence-corrected chi connectivity index (χ2v) is 7.29. The normalized spacial score (nSPS) is 22.4. The number of carbonyl (C=O) groups excluding carboxylic acids is 1. The molecule has 0 aromatic heterocycles. The number of allylic oxidation sites excluding steroid dienone is 4. The number of hydrogen-bond acceptors (Lipinski definition) is 5. The molecule has 0 saturated heterocycles. The maximum atomic E-state index is 14.1. The Labute approximate surface area is 172 Å². The Morgan fingerprint density at radius 3 is 2.60 bits per heavy atom. The molecule has 0 fully saturated rings. The smallest absolute Gasteiger partial charge is 0.335 e. The maximum Gasteiger partial charge on any atom is 0.335 e. The number of carboxylic acid groups (broad SMARTS) is 1. The Morgan fingerprint density at radius 1 is 1.30 bits per heavy atom. The first-order chi connectivity index (χ1) is 14.2. The summed E-state index contributed by atoms with van der Waals surface area (Å²) in [6.07, 6.45) is 0.760. The van der Waals surface area contributed by atoms with E-state index in [2.05, 4.69) is 10.4 Å². The van der Waals surface area contributed by atoms with Crippen LogP contribution in [0, 0.1) is 5.92 Å². The molecule has 30 heavy (non-hydrogen) atoms. The number of benzene rings is 1. The minimum Gasteiger partial charge on any atom is -0.478 e. The van der Waals surface area contributed by atoms with Gasteiger partial charge >= 0.3 is 5.97 Å². The third kappa shape index (κ3) is 4.34. The molecule has 1 aliphatic carbocycles. The molecular formula is C21H23F2N3O4. The molecule has 1 heterocycles. The average Bonchev–Trinajstić information content (AvgIpc) is 2.98. The van der Waals surface area contributed by atoms with E-state index in [1.165, 1.54) is 17.1 Å². The predicted octanol–water partition coefficient (Wildman–Crippen LogP) is 3.67. The van der Waals surface area contributed by atoms with Gasteiger partial charge in [-0.25, -0.2) is 13.6 Å². The van der Waals surface area contributed by atoms with Gasteiger partial charge in [-0.2, -0.15) is 5.10 Å². The lowest BCUT2D eigenvalue weighted by atomic mass is 10.00. The minimum atomic E-state index is -1.05. The average molecular weight is 419 g/mol. The lowest BCUT2D eigenvalue weighted by Crippen LogP contribution is -2.44. The minimum absolute atomic E-state index is 0.133. The lowest BCUT2D eigenvalue weighted by molar-refractivity contribution is -0.130. The molecule has 1 aliphatic heterocycles. The quantitative estimate of drug-likeness (QED) is 0.734. The van der Waals surface area contributed by atoms with Gasteiger partial charge in [-0.15, -0.1) is 0 Å². The molecule has 0 saturated carbocycles. The Bertz CT molecular complexity index is 940. The number of nitrogens with zero attached hydrogens (tertiary/aromatic N) is 2. The van der Waals surface area contributed by atoms with E-state index < -0.39 is 35.8 Å². The lowest BCUT2D eigenvalue weighted by Gasteiger charge is -2.28. The van der Waals surface area contributed by atoms with E-state index >= 15 is 0 Å². The summed E-state index contributed by atoms with van der Waals surface area (Å²) in [5, 5.41) is 17.5. The van der Waals surface area contributed by atoms with Gasteiger partial charge in [0.1, 0.15) is 11.7 Å². The summed E-state index contributed by atoms with van der Waals surface area (Å²) < 4.78 is 33.3. The summed E-state index contributed by atoms with van der Waals surface area (Å²) >= 11 is 0. The number of ether oxygens (including phenoxy) is 1. The highest BCUT2D eigenvalue weighted by Crippen LogP contribution is 2.32. The highest BCUT2D eigenvalue weighted by atomic mass is 19.2. The van der Waals surface area contributed by atoms with Gasteiger partial charge in [0.15, 0.2) is 11.7 Å². The van der Waals surface area contributed by atoms with Crippen molar-refractivity contribution in [2.45, 2.75) is 39.0 Å². The van der Waals surface area contributed by atoms with Gasteiger partial charge in [-0.05, 0) is 44.0 Å². The predicted molar refractivity (Wildman–Crippen MR) is 106 cm³/mol. The van der Waals surface area contributed by atoms with E-state index in [1.807, 2.05) is 0 Å². The van der Waals surface area contributed by atoms with Crippen LogP contribution in [0.25, 0.3) is 0 Å². The number of halogens is 2. The van der Waals surface area contributed by atoms with Gasteiger partial charge < -0.3 is 15.2 Å². The first-order valence-electron chi connectivity index (χ1n) is 9.52. The summed E-state index contributed by atoms with van der Waals surface area (Å²) in [5.41, 5.74) is 1.36. The largest absolute Gasteiger partial charge is 0.478 e. The van der Waals surface area contributed by atoms with E-state index in [0.29, 0.717) is 12.1 Å². The van der Waals surface area contributed by atoms with Crippen molar-refractivity contribution in [1.82, 2.24) is 10.3 Å². The van der Waals surface area contributed by atoms with Crippen LogP contribution in [0.2, 0.25) is 0 Å². The van der Waals surface area contributed by atoms with Crippen molar-refractivity contribution in [3.63, 3.8) is 0 Å². The summed E-state index contributed by atoms with van der Waals surface area (Å²) in [5.74, 6) is -4.38.